The summed E-state index contributed by atoms with van der Waals surface area (Å²) in [5.41, 5.74) is 4.09. The smallest absolute Gasteiger partial charge is 0.170 e. The molecule has 1 fully saturated rings. The molecule has 0 amide bonds. The van der Waals surface area contributed by atoms with Crippen molar-refractivity contribution < 1.29 is 14.2 Å². The molecule has 1 saturated heterocycles. The zero-order valence-electron chi connectivity index (χ0n) is 13.1. The molecule has 1 aromatic rings. The Kier molecular flexibility index (Phi) is 2.22. The average Bonchev–Trinajstić information content (AvgIpc) is 2.97. The van der Waals surface area contributed by atoms with E-state index in [1.165, 1.54) is 16.7 Å². The Morgan fingerprint density at radius 3 is 2.86 bits per heavy atom. The molecule has 0 N–H and O–H groups in total. The standard InChI is InChI=1S/C18H19NO3/c1-19-9-18-11-5-7-14(21-3)17(18)22-16-13(20-2)6-4-10(15(16)18)8-12(11)19/h4-7,12,17H,8-9H2,1-3H3/t12-,17?,18+/m1/s1. The first-order valence-corrected chi connectivity index (χ1v) is 7.74. The third kappa shape index (κ3) is 1.17. The summed E-state index contributed by atoms with van der Waals surface area (Å²) in [5.74, 6) is 2.64. The third-order valence-corrected chi connectivity index (χ3v) is 5.80. The number of nitrogens with zero attached hydrogens (tertiary/aromatic N) is 1. The molecule has 22 heavy (non-hydrogen) atoms. The van der Waals surface area contributed by atoms with E-state index in [-0.39, 0.29) is 11.5 Å². The van der Waals surface area contributed by atoms with E-state index in [0.29, 0.717) is 6.04 Å². The van der Waals surface area contributed by atoms with Crippen molar-refractivity contribution >= 4 is 0 Å². The van der Waals surface area contributed by atoms with Crippen molar-refractivity contribution in [3.63, 3.8) is 0 Å². The van der Waals surface area contributed by atoms with Gasteiger partial charge in [-0.15, -0.1) is 0 Å². The van der Waals surface area contributed by atoms with Crippen LogP contribution >= 0.6 is 0 Å². The van der Waals surface area contributed by atoms with Crippen molar-refractivity contribution in [3.8, 4) is 11.5 Å². The van der Waals surface area contributed by atoms with Gasteiger partial charge in [0.1, 0.15) is 5.76 Å². The third-order valence-electron chi connectivity index (χ3n) is 5.80. The van der Waals surface area contributed by atoms with E-state index in [2.05, 4.69) is 30.2 Å². The summed E-state index contributed by atoms with van der Waals surface area (Å²) in [6.07, 6.45) is 5.30. The fraction of sp³-hybridized carbons (Fsp3) is 0.444. The normalized spacial score (nSPS) is 33.8. The largest absolute Gasteiger partial charge is 0.497 e. The summed E-state index contributed by atoms with van der Waals surface area (Å²) in [6.45, 7) is 0.974. The van der Waals surface area contributed by atoms with E-state index in [1.807, 2.05) is 6.07 Å². The lowest BCUT2D eigenvalue weighted by Gasteiger charge is -2.38. The fourth-order valence-electron chi connectivity index (χ4n) is 4.95. The summed E-state index contributed by atoms with van der Waals surface area (Å²) < 4.78 is 17.6. The molecular weight excluding hydrogens is 278 g/mol. The Hall–Kier alpha value is -1.94. The zero-order valence-corrected chi connectivity index (χ0v) is 13.1. The number of likely N-dealkylation sites (tertiary alicyclic amines) is 1. The van der Waals surface area contributed by atoms with Gasteiger partial charge in [0.25, 0.3) is 0 Å². The number of benzene rings is 1. The first kappa shape index (κ1) is 12.6. The Labute approximate surface area is 130 Å². The second-order valence-electron chi connectivity index (χ2n) is 6.63. The van der Waals surface area contributed by atoms with Crippen LogP contribution in [0.3, 0.4) is 0 Å². The Morgan fingerprint density at radius 2 is 2.09 bits per heavy atom. The fourth-order valence-corrected chi connectivity index (χ4v) is 4.95. The van der Waals surface area contributed by atoms with E-state index in [9.17, 15) is 0 Å². The van der Waals surface area contributed by atoms with Gasteiger partial charge in [-0.1, -0.05) is 12.1 Å². The van der Waals surface area contributed by atoms with Gasteiger partial charge >= 0.3 is 0 Å². The molecule has 0 saturated carbocycles. The maximum absolute atomic E-state index is 6.41. The number of likely N-dealkylation sites (N-methyl/N-ethyl adjacent to an activating group) is 1. The lowest BCUT2D eigenvalue weighted by molar-refractivity contribution is 0.117. The van der Waals surface area contributed by atoms with Crippen LogP contribution < -0.4 is 9.47 Å². The Balaban J connectivity index is 1.85. The van der Waals surface area contributed by atoms with Crippen molar-refractivity contribution in [2.45, 2.75) is 24.0 Å². The van der Waals surface area contributed by atoms with Gasteiger partial charge in [0.05, 0.1) is 19.6 Å². The average molecular weight is 297 g/mol. The number of methoxy groups -OCH3 is 2. The maximum Gasteiger partial charge on any atom is 0.170 e. The quantitative estimate of drug-likeness (QED) is 0.836. The SMILES string of the molecule is COC1=CC=C2[C@H]3Cc4ccc(OC)c5c4[C@@]2(CN3C)C1O5. The number of allylic oxidation sites excluding steroid dienone is 2. The second kappa shape index (κ2) is 3.87. The number of rotatable bonds is 2. The molecule has 2 aliphatic heterocycles. The lowest BCUT2D eigenvalue weighted by atomic mass is 9.64. The zero-order chi connectivity index (χ0) is 15.1. The minimum Gasteiger partial charge on any atom is -0.497 e. The first-order chi connectivity index (χ1) is 10.7. The molecule has 0 radical (unpaired) electrons. The molecule has 2 heterocycles. The summed E-state index contributed by atoms with van der Waals surface area (Å²) >= 11 is 0. The highest BCUT2D eigenvalue weighted by Crippen LogP contribution is 2.62. The highest BCUT2D eigenvalue weighted by atomic mass is 16.6. The van der Waals surface area contributed by atoms with Crippen molar-refractivity contribution in [2.75, 3.05) is 27.8 Å². The monoisotopic (exact) mass is 297 g/mol. The molecule has 1 aromatic carbocycles. The molecule has 4 aliphatic rings. The molecule has 1 spiro atoms. The van der Waals surface area contributed by atoms with Gasteiger partial charge in [0, 0.05) is 18.2 Å². The van der Waals surface area contributed by atoms with Gasteiger partial charge in [0.15, 0.2) is 17.6 Å². The van der Waals surface area contributed by atoms with Gasteiger partial charge in [-0.2, -0.15) is 0 Å². The molecule has 2 bridgehead atoms. The minimum absolute atomic E-state index is 0.0738. The highest BCUT2D eigenvalue weighted by Gasteiger charge is 2.64. The van der Waals surface area contributed by atoms with E-state index in [0.717, 1.165) is 30.2 Å². The molecule has 3 atom stereocenters. The Morgan fingerprint density at radius 1 is 1.23 bits per heavy atom. The van der Waals surface area contributed by atoms with Gasteiger partial charge < -0.3 is 14.2 Å². The van der Waals surface area contributed by atoms with E-state index < -0.39 is 0 Å². The topological polar surface area (TPSA) is 30.9 Å². The molecule has 114 valence electrons. The molecule has 4 heteroatoms. The maximum atomic E-state index is 6.41. The predicted molar refractivity (Wildman–Crippen MR) is 82.4 cm³/mol. The summed E-state index contributed by atoms with van der Waals surface area (Å²) in [7, 11) is 5.64. The van der Waals surface area contributed by atoms with Crippen LogP contribution in [0.2, 0.25) is 0 Å². The molecule has 4 nitrogen and oxygen atoms in total. The van der Waals surface area contributed by atoms with Gasteiger partial charge in [-0.25, -0.2) is 0 Å². The van der Waals surface area contributed by atoms with Crippen LogP contribution in [-0.2, 0) is 16.6 Å². The summed E-state index contributed by atoms with van der Waals surface area (Å²) in [6, 6.07) is 4.71. The lowest BCUT2D eigenvalue weighted by Crippen LogP contribution is -2.46. The van der Waals surface area contributed by atoms with Gasteiger partial charge in [-0.3, -0.25) is 4.90 Å². The number of ether oxygens (including phenoxy) is 3. The van der Waals surface area contributed by atoms with Crippen molar-refractivity contribution in [1.29, 1.82) is 0 Å². The van der Waals surface area contributed by atoms with Crippen LogP contribution in [0.4, 0.5) is 0 Å². The van der Waals surface area contributed by atoms with E-state index in [1.54, 1.807) is 14.2 Å². The first-order valence-electron chi connectivity index (χ1n) is 7.74. The van der Waals surface area contributed by atoms with Crippen molar-refractivity contribution in [2.24, 2.45) is 0 Å². The van der Waals surface area contributed by atoms with Crippen LogP contribution in [0.15, 0.2) is 35.6 Å². The van der Waals surface area contributed by atoms with Crippen LogP contribution in [0, 0.1) is 0 Å². The molecule has 5 rings (SSSR count). The van der Waals surface area contributed by atoms with E-state index in [4.69, 9.17) is 14.2 Å². The van der Waals surface area contributed by atoms with Gasteiger partial charge in [-0.05, 0) is 36.7 Å². The van der Waals surface area contributed by atoms with Crippen LogP contribution in [0.5, 0.6) is 11.5 Å². The minimum atomic E-state index is -0.100. The van der Waals surface area contributed by atoms with Crippen LogP contribution in [-0.4, -0.2) is 44.9 Å². The van der Waals surface area contributed by atoms with Crippen molar-refractivity contribution in [3.05, 3.63) is 46.7 Å². The number of hydrogen-bond donors (Lipinski definition) is 0. The summed E-state index contributed by atoms with van der Waals surface area (Å²) in [5, 5.41) is 0. The van der Waals surface area contributed by atoms with Crippen LogP contribution in [0.25, 0.3) is 0 Å². The summed E-state index contributed by atoms with van der Waals surface area (Å²) in [4.78, 5) is 2.45. The number of hydrogen-bond acceptors (Lipinski definition) is 4. The van der Waals surface area contributed by atoms with Crippen molar-refractivity contribution in [1.82, 2.24) is 4.90 Å². The predicted octanol–water partition coefficient (Wildman–Crippen LogP) is 2.03. The Bertz CT molecular complexity index is 751. The highest BCUT2D eigenvalue weighted by molar-refractivity contribution is 5.68. The van der Waals surface area contributed by atoms with Gasteiger partial charge in [0.2, 0.25) is 0 Å². The molecule has 2 aliphatic carbocycles. The molecule has 0 aromatic heterocycles. The molecular formula is C18H19NO3. The molecule has 1 unspecified atom stereocenters. The second-order valence-corrected chi connectivity index (χ2v) is 6.63. The van der Waals surface area contributed by atoms with Crippen LogP contribution in [0.1, 0.15) is 11.1 Å². The van der Waals surface area contributed by atoms with E-state index >= 15 is 0 Å².